The smallest absolute Gasteiger partial charge is 0.253 e. The summed E-state index contributed by atoms with van der Waals surface area (Å²) in [5.74, 6) is 1.24. The monoisotopic (exact) mass is 365 g/mol. The van der Waals surface area contributed by atoms with Crippen molar-refractivity contribution in [2.24, 2.45) is 7.05 Å². The molecule has 1 saturated heterocycles. The van der Waals surface area contributed by atoms with Crippen molar-refractivity contribution in [3.05, 3.63) is 58.0 Å². The third-order valence-electron chi connectivity index (χ3n) is 6.02. The molecule has 4 rings (SSSR count). The van der Waals surface area contributed by atoms with Crippen molar-refractivity contribution in [2.75, 3.05) is 20.1 Å². The van der Waals surface area contributed by atoms with Gasteiger partial charge in [0, 0.05) is 42.2 Å². The predicted molar refractivity (Wildman–Crippen MR) is 107 cm³/mol. The molecule has 3 aromatic heterocycles. The van der Waals surface area contributed by atoms with E-state index in [1.807, 2.05) is 25.5 Å². The zero-order valence-corrected chi connectivity index (χ0v) is 16.5. The zero-order valence-electron chi connectivity index (χ0n) is 16.5. The summed E-state index contributed by atoms with van der Waals surface area (Å²) in [6.07, 6.45) is 5.85. The fraction of sp³-hybridized carbons (Fsp3) is 0.476. The number of aromatic amines is 1. The van der Waals surface area contributed by atoms with Gasteiger partial charge in [-0.15, -0.1) is 0 Å². The van der Waals surface area contributed by atoms with Crippen LogP contribution in [0.3, 0.4) is 0 Å². The van der Waals surface area contributed by atoms with Crippen LogP contribution in [0.1, 0.15) is 49.7 Å². The van der Waals surface area contributed by atoms with Crippen molar-refractivity contribution in [2.45, 2.75) is 38.0 Å². The number of hydrogen-bond donors (Lipinski definition) is 1. The van der Waals surface area contributed by atoms with Crippen LogP contribution in [0.4, 0.5) is 0 Å². The first-order valence-electron chi connectivity index (χ1n) is 9.57. The van der Waals surface area contributed by atoms with E-state index in [1.54, 1.807) is 10.6 Å². The van der Waals surface area contributed by atoms with Crippen LogP contribution in [0, 0.1) is 0 Å². The number of H-pyrrole nitrogens is 1. The molecule has 0 saturated carbocycles. The predicted octanol–water partition coefficient (Wildman–Crippen LogP) is 2.79. The fourth-order valence-electron chi connectivity index (χ4n) is 3.94. The van der Waals surface area contributed by atoms with Crippen LogP contribution in [0.5, 0.6) is 0 Å². The molecule has 0 radical (unpaired) electrons. The van der Waals surface area contributed by atoms with E-state index in [-0.39, 0.29) is 5.56 Å². The number of aromatic nitrogens is 4. The quantitative estimate of drug-likeness (QED) is 0.775. The zero-order chi connectivity index (χ0) is 19.2. The number of piperidine rings is 1. The number of nitrogens with one attached hydrogen (secondary N) is 1. The highest BCUT2D eigenvalue weighted by molar-refractivity contribution is 5.76. The summed E-state index contributed by atoms with van der Waals surface area (Å²) in [6, 6.07) is 5.83. The van der Waals surface area contributed by atoms with Crippen LogP contribution in [-0.2, 0) is 12.5 Å². The molecule has 0 atom stereocenters. The first kappa shape index (κ1) is 17.9. The minimum atomic E-state index is -0.397. The summed E-state index contributed by atoms with van der Waals surface area (Å²) in [4.78, 5) is 27.7. The Kier molecular flexibility index (Phi) is 4.38. The van der Waals surface area contributed by atoms with E-state index in [0.717, 1.165) is 54.0 Å². The molecule has 3 aromatic rings. The third kappa shape index (κ3) is 3.18. The summed E-state index contributed by atoms with van der Waals surface area (Å²) in [5.41, 5.74) is 2.36. The maximum Gasteiger partial charge on any atom is 0.253 e. The number of nitrogens with zero attached hydrogens (tertiary/aromatic N) is 4. The van der Waals surface area contributed by atoms with Crippen molar-refractivity contribution in [3.8, 4) is 0 Å². The van der Waals surface area contributed by atoms with Crippen LogP contribution < -0.4 is 5.56 Å². The second kappa shape index (κ2) is 6.60. The topological polar surface area (TPSA) is 66.8 Å². The Bertz CT molecular complexity index is 1020. The Labute approximate surface area is 159 Å². The van der Waals surface area contributed by atoms with E-state index in [2.05, 4.69) is 41.8 Å². The summed E-state index contributed by atoms with van der Waals surface area (Å²) in [5, 5.41) is 1.07. The van der Waals surface area contributed by atoms with Gasteiger partial charge in [0.05, 0.1) is 5.69 Å². The molecule has 142 valence electrons. The molecule has 6 nitrogen and oxygen atoms in total. The van der Waals surface area contributed by atoms with Crippen molar-refractivity contribution in [1.29, 1.82) is 0 Å². The molecule has 1 aliphatic rings. The molecule has 0 aromatic carbocycles. The van der Waals surface area contributed by atoms with Gasteiger partial charge in [-0.1, -0.05) is 13.8 Å². The molecule has 4 heterocycles. The Hall–Kier alpha value is -2.47. The largest absolute Gasteiger partial charge is 0.346 e. The Morgan fingerprint density at radius 3 is 2.67 bits per heavy atom. The minimum Gasteiger partial charge on any atom is -0.346 e. The average Bonchev–Trinajstić information content (AvgIpc) is 3.12. The highest BCUT2D eigenvalue weighted by atomic mass is 16.1. The number of rotatable bonds is 3. The van der Waals surface area contributed by atoms with Crippen LogP contribution in [0.15, 0.2) is 35.4 Å². The summed E-state index contributed by atoms with van der Waals surface area (Å²) in [7, 11) is 3.99. The van der Waals surface area contributed by atoms with Gasteiger partial charge in [0.2, 0.25) is 0 Å². The van der Waals surface area contributed by atoms with E-state index in [9.17, 15) is 4.79 Å². The number of hydrogen-bond acceptors (Lipinski definition) is 4. The van der Waals surface area contributed by atoms with Crippen LogP contribution >= 0.6 is 0 Å². The molecule has 1 N–H and O–H groups in total. The molecular weight excluding hydrogens is 338 g/mol. The molecule has 0 amide bonds. The van der Waals surface area contributed by atoms with E-state index < -0.39 is 5.41 Å². The van der Waals surface area contributed by atoms with Crippen molar-refractivity contribution in [1.82, 2.24) is 24.4 Å². The van der Waals surface area contributed by atoms with Crippen LogP contribution in [-0.4, -0.2) is 44.6 Å². The second-order valence-corrected chi connectivity index (χ2v) is 8.24. The second-order valence-electron chi connectivity index (χ2n) is 8.24. The number of likely N-dealkylation sites (tertiary alicyclic amines) is 1. The van der Waals surface area contributed by atoms with Gasteiger partial charge >= 0.3 is 0 Å². The SMILES string of the molecule is CN1CCC(c2nc(C(C)(C)c3cnc4[nH]ccc4c3)cc(=O)n2C)CC1. The van der Waals surface area contributed by atoms with Crippen LogP contribution in [0.2, 0.25) is 0 Å². The first-order valence-corrected chi connectivity index (χ1v) is 9.57. The maximum absolute atomic E-state index is 12.7. The number of pyridine rings is 1. The highest BCUT2D eigenvalue weighted by Gasteiger charge is 2.29. The summed E-state index contributed by atoms with van der Waals surface area (Å²) in [6.45, 7) is 6.32. The molecule has 1 aliphatic heterocycles. The molecule has 6 heteroatoms. The lowest BCUT2D eigenvalue weighted by Crippen LogP contribution is -2.34. The third-order valence-corrected chi connectivity index (χ3v) is 6.02. The summed E-state index contributed by atoms with van der Waals surface area (Å²) < 4.78 is 1.73. The van der Waals surface area contributed by atoms with Crippen molar-refractivity contribution >= 4 is 11.0 Å². The minimum absolute atomic E-state index is 0.0117. The molecule has 0 bridgehead atoms. The molecule has 27 heavy (non-hydrogen) atoms. The van der Waals surface area contributed by atoms with Crippen molar-refractivity contribution < 1.29 is 0 Å². The van der Waals surface area contributed by atoms with Crippen LogP contribution in [0.25, 0.3) is 11.0 Å². The van der Waals surface area contributed by atoms with Gasteiger partial charge in [-0.05, 0) is 50.7 Å². The van der Waals surface area contributed by atoms with Gasteiger partial charge < -0.3 is 9.88 Å². The molecular formula is C21H27N5O. The van der Waals surface area contributed by atoms with Crippen molar-refractivity contribution in [3.63, 3.8) is 0 Å². The molecule has 0 unspecified atom stereocenters. The molecule has 0 aliphatic carbocycles. The maximum atomic E-state index is 12.7. The Morgan fingerprint density at radius 1 is 1.19 bits per heavy atom. The Morgan fingerprint density at radius 2 is 1.93 bits per heavy atom. The van der Waals surface area contributed by atoms with E-state index >= 15 is 0 Å². The van der Waals surface area contributed by atoms with E-state index in [4.69, 9.17) is 4.98 Å². The van der Waals surface area contributed by atoms with Gasteiger partial charge in [-0.2, -0.15) is 0 Å². The molecule has 0 spiro atoms. The fourth-order valence-corrected chi connectivity index (χ4v) is 3.94. The van der Waals surface area contributed by atoms with E-state index in [1.165, 1.54) is 0 Å². The standard InChI is InChI=1S/C21H27N5O/c1-21(2,16-11-15-5-8-22-19(15)23-13-16)17-12-18(27)26(4)20(24-17)14-6-9-25(3)10-7-14/h5,8,11-14H,6-7,9-10H2,1-4H3,(H,22,23). The van der Waals surface area contributed by atoms with E-state index in [0.29, 0.717) is 5.92 Å². The van der Waals surface area contributed by atoms with Gasteiger partial charge in [0.25, 0.3) is 5.56 Å². The van der Waals surface area contributed by atoms with Gasteiger partial charge in [-0.3, -0.25) is 9.36 Å². The lowest BCUT2D eigenvalue weighted by atomic mass is 9.81. The average molecular weight is 365 g/mol. The first-order chi connectivity index (χ1) is 12.9. The Balaban J connectivity index is 1.76. The normalized spacial score (nSPS) is 16.9. The highest BCUT2D eigenvalue weighted by Crippen LogP contribution is 2.32. The van der Waals surface area contributed by atoms with Gasteiger partial charge in [-0.25, -0.2) is 9.97 Å². The summed E-state index contributed by atoms with van der Waals surface area (Å²) >= 11 is 0. The lowest BCUT2D eigenvalue weighted by molar-refractivity contribution is 0.248. The lowest BCUT2D eigenvalue weighted by Gasteiger charge is -2.31. The van der Waals surface area contributed by atoms with Gasteiger partial charge in [0.1, 0.15) is 11.5 Å². The van der Waals surface area contributed by atoms with Gasteiger partial charge in [0.15, 0.2) is 0 Å². The molecule has 1 fully saturated rings. The number of fused-ring (bicyclic) bond motifs is 1.